The molecule has 1 aromatic heterocycles. The minimum Gasteiger partial charge on any atom is -0.481 e. The number of Topliss-reactive ketones (excluding diaryl/α,β-unsaturated/α-hetero) is 1. The van der Waals surface area contributed by atoms with Crippen LogP contribution in [-0.4, -0.2) is 17.9 Å². The summed E-state index contributed by atoms with van der Waals surface area (Å²) in [5.41, 5.74) is 0.920. The van der Waals surface area contributed by atoms with Gasteiger partial charge in [0.1, 0.15) is 5.78 Å². The molecule has 64 valence electrons. The minimum absolute atomic E-state index is 0.141. The Morgan fingerprint density at radius 3 is 2.75 bits per heavy atom. The molecule has 0 amide bonds. The van der Waals surface area contributed by atoms with Gasteiger partial charge in [0.15, 0.2) is 0 Å². The summed E-state index contributed by atoms with van der Waals surface area (Å²) in [7, 11) is 1.56. The first-order valence-corrected chi connectivity index (χ1v) is 3.70. The zero-order chi connectivity index (χ0) is 8.97. The lowest BCUT2D eigenvalue weighted by atomic mass is 10.2. The SMILES string of the molecule is COc1ccc(CC(C)=O)cn1. The van der Waals surface area contributed by atoms with E-state index in [0.29, 0.717) is 12.3 Å². The zero-order valence-corrected chi connectivity index (χ0v) is 7.20. The van der Waals surface area contributed by atoms with Crippen LogP contribution in [0.3, 0.4) is 0 Å². The number of carbonyl (C=O) groups is 1. The third kappa shape index (κ3) is 2.34. The summed E-state index contributed by atoms with van der Waals surface area (Å²) in [6, 6.07) is 3.59. The predicted molar refractivity (Wildman–Crippen MR) is 45.2 cm³/mol. The molecule has 0 saturated carbocycles. The summed E-state index contributed by atoms with van der Waals surface area (Å²) < 4.78 is 4.88. The second kappa shape index (κ2) is 3.85. The van der Waals surface area contributed by atoms with Crippen molar-refractivity contribution in [3.05, 3.63) is 23.9 Å². The molecule has 0 aliphatic carbocycles. The van der Waals surface area contributed by atoms with Crippen LogP contribution in [0.1, 0.15) is 12.5 Å². The fourth-order valence-electron chi connectivity index (χ4n) is 0.924. The largest absolute Gasteiger partial charge is 0.481 e. The highest BCUT2D eigenvalue weighted by molar-refractivity contribution is 5.78. The number of carbonyl (C=O) groups excluding carboxylic acids is 1. The average Bonchev–Trinajstić information content (AvgIpc) is 2.05. The third-order valence-electron chi connectivity index (χ3n) is 1.46. The number of nitrogens with zero attached hydrogens (tertiary/aromatic N) is 1. The Hall–Kier alpha value is -1.38. The number of pyridine rings is 1. The monoisotopic (exact) mass is 165 g/mol. The zero-order valence-electron chi connectivity index (χ0n) is 7.20. The topological polar surface area (TPSA) is 39.2 Å². The number of methoxy groups -OCH3 is 1. The number of hydrogen-bond donors (Lipinski definition) is 0. The molecule has 3 nitrogen and oxygen atoms in total. The van der Waals surface area contributed by atoms with Crippen molar-refractivity contribution in [1.82, 2.24) is 4.98 Å². The van der Waals surface area contributed by atoms with Crippen LogP contribution in [-0.2, 0) is 11.2 Å². The maximum Gasteiger partial charge on any atom is 0.212 e. The third-order valence-corrected chi connectivity index (χ3v) is 1.46. The van der Waals surface area contributed by atoms with E-state index in [9.17, 15) is 4.79 Å². The van der Waals surface area contributed by atoms with Crippen LogP contribution in [0.5, 0.6) is 5.88 Å². The summed E-state index contributed by atoms with van der Waals surface area (Å²) in [6.07, 6.45) is 2.09. The van der Waals surface area contributed by atoms with Crippen molar-refractivity contribution in [3.8, 4) is 5.88 Å². The van der Waals surface area contributed by atoms with E-state index < -0.39 is 0 Å². The van der Waals surface area contributed by atoms with E-state index in [4.69, 9.17) is 4.74 Å². The molecule has 0 N–H and O–H groups in total. The van der Waals surface area contributed by atoms with E-state index >= 15 is 0 Å². The van der Waals surface area contributed by atoms with Crippen LogP contribution in [0.4, 0.5) is 0 Å². The number of rotatable bonds is 3. The molecule has 0 radical (unpaired) electrons. The molecule has 0 aromatic carbocycles. The quantitative estimate of drug-likeness (QED) is 0.676. The molecule has 0 spiro atoms. The van der Waals surface area contributed by atoms with Crippen molar-refractivity contribution in [1.29, 1.82) is 0 Å². The van der Waals surface area contributed by atoms with E-state index in [-0.39, 0.29) is 5.78 Å². The maximum atomic E-state index is 10.7. The summed E-state index contributed by atoms with van der Waals surface area (Å²) in [4.78, 5) is 14.7. The van der Waals surface area contributed by atoms with Crippen LogP contribution in [0.2, 0.25) is 0 Å². The lowest BCUT2D eigenvalue weighted by Gasteiger charge is -1.99. The summed E-state index contributed by atoms with van der Waals surface area (Å²) >= 11 is 0. The molecule has 0 unspecified atom stereocenters. The van der Waals surface area contributed by atoms with Crippen LogP contribution in [0.25, 0.3) is 0 Å². The molecule has 1 aromatic rings. The van der Waals surface area contributed by atoms with E-state index in [0.717, 1.165) is 5.56 Å². The summed E-state index contributed by atoms with van der Waals surface area (Å²) in [5, 5.41) is 0. The highest BCUT2D eigenvalue weighted by Gasteiger charge is 1.98. The Labute approximate surface area is 71.4 Å². The van der Waals surface area contributed by atoms with Crippen LogP contribution >= 0.6 is 0 Å². The van der Waals surface area contributed by atoms with Crippen molar-refractivity contribution in [2.24, 2.45) is 0 Å². The van der Waals surface area contributed by atoms with Gasteiger partial charge in [0.05, 0.1) is 7.11 Å². The van der Waals surface area contributed by atoms with Gasteiger partial charge in [0.2, 0.25) is 5.88 Å². The number of ether oxygens (including phenoxy) is 1. The van der Waals surface area contributed by atoms with E-state index in [1.54, 1.807) is 26.3 Å². The van der Waals surface area contributed by atoms with Gasteiger partial charge in [-0.1, -0.05) is 6.07 Å². The predicted octanol–water partition coefficient (Wildman–Crippen LogP) is 1.22. The molecule has 0 fully saturated rings. The van der Waals surface area contributed by atoms with Crippen molar-refractivity contribution in [2.45, 2.75) is 13.3 Å². The van der Waals surface area contributed by atoms with E-state index in [2.05, 4.69) is 4.98 Å². The number of aromatic nitrogens is 1. The first kappa shape index (κ1) is 8.71. The van der Waals surface area contributed by atoms with Crippen LogP contribution in [0.15, 0.2) is 18.3 Å². The molecule has 3 heteroatoms. The van der Waals surface area contributed by atoms with Crippen molar-refractivity contribution < 1.29 is 9.53 Å². The molecule has 12 heavy (non-hydrogen) atoms. The van der Waals surface area contributed by atoms with Crippen LogP contribution < -0.4 is 4.74 Å². The van der Waals surface area contributed by atoms with Crippen molar-refractivity contribution >= 4 is 5.78 Å². The molecular formula is C9H11NO2. The van der Waals surface area contributed by atoms with Gasteiger partial charge < -0.3 is 4.74 Å². The van der Waals surface area contributed by atoms with Gasteiger partial charge in [-0.15, -0.1) is 0 Å². The van der Waals surface area contributed by atoms with Gasteiger partial charge in [-0.3, -0.25) is 4.79 Å². The van der Waals surface area contributed by atoms with E-state index in [1.807, 2.05) is 6.07 Å². The minimum atomic E-state index is 0.141. The van der Waals surface area contributed by atoms with Gasteiger partial charge in [-0.25, -0.2) is 4.98 Å². The van der Waals surface area contributed by atoms with Gasteiger partial charge in [-0.2, -0.15) is 0 Å². The normalized spacial score (nSPS) is 9.50. The lowest BCUT2D eigenvalue weighted by molar-refractivity contribution is -0.116. The first-order valence-electron chi connectivity index (χ1n) is 3.70. The average molecular weight is 165 g/mol. The van der Waals surface area contributed by atoms with Crippen molar-refractivity contribution in [3.63, 3.8) is 0 Å². The van der Waals surface area contributed by atoms with Crippen LogP contribution in [0, 0.1) is 0 Å². The Balaban J connectivity index is 2.71. The summed E-state index contributed by atoms with van der Waals surface area (Å²) in [5.74, 6) is 0.712. The Bertz CT molecular complexity index is 266. The number of hydrogen-bond acceptors (Lipinski definition) is 3. The molecule has 0 aliphatic rings. The molecule has 0 aliphatic heterocycles. The fourth-order valence-corrected chi connectivity index (χ4v) is 0.924. The maximum absolute atomic E-state index is 10.7. The molecule has 0 saturated heterocycles. The second-order valence-electron chi connectivity index (χ2n) is 2.59. The standard InChI is InChI=1S/C9H11NO2/c1-7(11)5-8-3-4-9(12-2)10-6-8/h3-4,6H,5H2,1-2H3. The molecule has 0 bridgehead atoms. The highest BCUT2D eigenvalue weighted by atomic mass is 16.5. The Morgan fingerprint density at radius 1 is 1.58 bits per heavy atom. The summed E-state index contributed by atoms with van der Waals surface area (Å²) in [6.45, 7) is 1.56. The highest BCUT2D eigenvalue weighted by Crippen LogP contribution is 2.06. The fraction of sp³-hybridized carbons (Fsp3) is 0.333. The molecule has 0 atom stereocenters. The smallest absolute Gasteiger partial charge is 0.212 e. The Morgan fingerprint density at radius 2 is 2.33 bits per heavy atom. The molecule has 1 heterocycles. The van der Waals surface area contributed by atoms with Gasteiger partial charge in [0.25, 0.3) is 0 Å². The Kier molecular flexibility index (Phi) is 2.80. The molecule has 1 rings (SSSR count). The van der Waals surface area contributed by atoms with E-state index in [1.165, 1.54) is 0 Å². The van der Waals surface area contributed by atoms with Crippen molar-refractivity contribution in [2.75, 3.05) is 7.11 Å². The first-order chi connectivity index (χ1) is 5.72. The van der Waals surface area contributed by atoms with Gasteiger partial charge in [-0.05, 0) is 12.5 Å². The van der Waals surface area contributed by atoms with Gasteiger partial charge in [0, 0.05) is 18.7 Å². The lowest BCUT2D eigenvalue weighted by Crippen LogP contribution is -1.97. The second-order valence-corrected chi connectivity index (χ2v) is 2.59. The number of ketones is 1. The van der Waals surface area contributed by atoms with Gasteiger partial charge >= 0.3 is 0 Å². The molecular weight excluding hydrogens is 154 g/mol.